The van der Waals surface area contributed by atoms with Crippen LogP contribution in [0.25, 0.3) is 89.7 Å². The van der Waals surface area contributed by atoms with Gasteiger partial charge in [-0.2, -0.15) is 0 Å². The van der Waals surface area contributed by atoms with E-state index in [1.165, 1.54) is 0 Å². The van der Waals surface area contributed by atoms with E-state index in [0.717, 1.165) is 131 Å². The van der Waals surface area contributed by atoms with Crippen LogP contribution >= 0.6 is 81.7 Å². The molecule has 0 fully saturated rings. The number of halogens is 4. The van der Waals surface area contributed by atoms with Crippen molar-refractivity contribution in [2.45, 2.75) is 245 Å². The molecule has 21 nitrogen and oxygen atoms in total. The maximum atomic E-state index is 14.8. The van der Waals surface area contributed by atoms with E-state index in [1.807, 2.05) is 23.2 Å². The maximum absolute atomic E-state index is 14.8. The maximum Gasteiger partial charge on any atom is 0.314 e. The highest BCUT2D eigenvalue weighted by atomic mass is 35.5. The first-order valence-corrected chi connectivity index (χ1v) is 53.9. The largest absolute Gasteiger partial charge is 0.492 e. The lowest BCUT2D eigenvalue weighted by Crippen LogP contribution is -2.45. The molecule has 2 aliphatic rings. The Morgan fingerprint density at radius 2 is 0.634 bits per heavy atom. The molecule has 0 saturated heterocycles. The highest BCUT2D eigenvalue weighted by molar-refractivity contribution is 8.00. The highest BCUT2D eigenvalue weighted by Gasteiger charge is 2.44. The van der Waals surface area contributed by atoms with Gasteiger partial charge in [0.15, 0.2) is 34.6 Å². The lowest BCUT2D eigenvalue weighted by molar-refractivity contribution is -0.906. The fourth-order valence-corrected chi connectivity index (χ4v) is 21.3. The standard InChI is InChI=1S/C103H165Cl4N12O9S3/c1-31-116(27,32-2)48-39-40-72-82(104)88(124-54-43-66(13)14)79-78(86(72)122-52-41-64(9)10)98-109-96-75-76(91(127-57-46-69(19)20)94(130-60-50-118(29,35-5)36-6)84(106)87(75)123-53-42-65(11)12)97(108-96)110-99-80-81(92(128-58-47-70(21)22)95(131-61-51-119(30,37-7)38-8)85(107)90(80)126-56-45-68(17)18)101(114(99)26)112-103-77-74(102(115(103)120)111-100(79)113(98)25)73(63-121-62-71(23)24)93(129-59-49-117(28,33-3)34-4)83(105)89(77)125-55-44-67(15)16/h64-71,120H,31-63H2,1-30H3/q+5. The van der Waals surface area contributed by atoms with Crippen LogP contribution in [0.15, 0.2) is 14.7 Å². The first kappa shape index (κ1) is 109. The van der Waals surface area contributed by atoms with Gasteiger partial charge in [-0.05, 0) is 159 Å². The second-order valence-electron chi connectivity index (χ2n) is 40.8. The Labute approximate surface area is 820 Å². The summed E-state index contributed by atoms with van der Waals surface area (Å²) in [6.45, 7) is 66.7. The van der Waals surface area contributed by atoms with Gasteiger partial charge in [-0.25, -0.2) is 15.0 Å². The number of quaternary nitrogens is 4. The number of fused-ring (bicyclic) bond motifs is 20. The van der Waals surface area contributed by atoms with Crippen molar-refractivity contribution >= 4 is 126 Å². The van der Waals surface area contributed by atoms with Crippen LogP contribution in [0.3, 0.4) is 0 Å². The summed E-state index contributed by atoms with van der Waals surface area (Å²) in [7, 11) is 13.2. The van der Waals surface area contributed by atoms with Crippen molar-refractivity contribution in [3.63, 3.8) is 0 Å². The van der Waals surface area contributed by atoms with Gasteiger partial charge in [-0.1, -0.05) is 167 Å². The first-order chi connectivity index (χ1) is 62.1. The summed E-state index contributed by atoms with van der Waals surface area (Å²) in [5, 5.41) is 18.5. The molecule has 9 rings (SSSR count). The minimum absolute atomic E-state index is 0.0579. The molecular formula is C103H165Cl4N12O9S3+5. The van der Waals surface area contributed by atoms with E-state index in [1.54, 1.807) is 35.3 Å². The predicted octanol–water partition coefficient (Wildman–Crippen LogP) is 25.9. The molecule has 7 aromatic rings. The molecule has 0 aliphatic carbocycles. The second-order valence-corrected chi connectivity index (χ2v) is 45.6. The van der Waals surface area contributed by atoms with Gasteiger partial charge in [0.1, 0.15) is 44.2 Å². The van der Waals surface area contributed by atoms with Crippen molar-refractivity contribution < 1.29 is 65.8 Å². The smallest absolute Gasteiger partial charge is 0.314 e. The quantitative estimate of drug-likeness (QED) is 0.0165. The van der Waals surface area contributed by atoms with Gasteiger partial charge in [-0.3, -0.25) is 9.13 Å². The van der Waals surface area contributed by atoms with Gasteiger partial charge in [0.05, 0.1) is 218 Å². The predicted molar refractivity (Wildman–Crippen MR) is 553 cm³/mol. The molecule has 3 aromatic heterocycles. The van der Waals surface area contributed by atoms with E-state index in [9.17, 15) is 5.21 Å². The molecule has 0 atom stereocenters. The fraction of sp³-hybridized carbons (Fsp3) is 0.689. The summed E-state index contributed by atoms with van der Waals surface area (Å²) in [4.78, 5) is 32.7. The number of hydrogen-bond donors (Lipinski definition) is 1. The summed E-state index contributed by atoms with van der Waals surface area (Å²) in [6.07, 6.45) is 6.22. The zero-order chi connectivity index (χ0) is 96.5. The van der Waals surface area contributed by atoms with Crippen LogP contribution in [0, 0.1) is 47.3 Å². The van der Waals surface area contributed by atoms with E-state index >= 15 is 0 Å². The molecule has 0 unspecified atom stereocenters. The van der Waals surface area contributed by atoms with Crippen LogP contribution in [0.5, 0.6) is 40.2 Å². The number of thioether (sulfide) groups is 3. The van der Waals surface area contributed by atoms with Crippen molar-refractivity contribution in [1.82, 2.24) is 34.1 Å². The summed E-state index contributed by atoms with van der Waals surface area (Å²) < 4.78 is 67.9. The molecular weight excluding hydrogens is 1790 g/mol. The monoisotopic (exact) mass is 1950 g/mol. The van der Waals surface area contributed by atoms with Crippen molar-refractivity contribution in [2.75, 3.05) is 177 Å². The van der Waals surface area contributed by atoms with Gasteiger partial charge < -0.3 is 61.0 Å². The number of ether oxygens (including phenoxy) is 8. The van der Waals surface area contributed by atoms with Crippen LogP contribution < -0.4 is 37.9 Å². The van der Waals surface area contributed by atoms with Gasteiger partial charge >= 0.3 is 11.6 Å². The minimum Gasteiger partial charge on any atom is -0.492 e. The number of aryl methyl sites for hydroxylation is 2. The summed E-state index contributed by atoms with van der Waals surface area (Å²) in [6, 6.07) is 0. The molecule has 0 spiro atoms. The highest BCUT2D eigenvalue weighted by Crippen LogP contribution is 2.59. The molecule has 28 heteroatoms. The lowest BCUT2D eigenvalue weighted by atomic mass is 10.00. The normalized spacial score (nSPS) is 12.8. The van der Waals surface area contributed by atoms with Crippen LogP contribution in [-0.2, 0) is 31.9 Å². The third-order valence-corrected chi connectivity index (χ3v) is 32.3. The Bertz CT molecular complexity index is 5180. The number of rotatable bonds is 56. The van der Waals surface area contributed by atoms with E-state index in [2.05, 4.69) is 194 Å². The molecule has 4 aromatic carbocycles. The van der Waals surface area contributed by atoms with Gasteiger partial charge in [0.2, 0.25) is 11.3 Å². The Kier molecular flexibility index (Phi) is 41.1. The Balaban J connectivity index is 1.77. The topological polar surface area (TPSA) is 172 Å². The van der Waals surface area contributed by atoms with Crippen molar-refractivity contribution in [1.29, 1.82) is 0 Å². The van der Waals surface area contributed by atoms with Crippen LogP contribution in [0.4, 0.5) is 0 Å². The lowest BCUT2D eigenvalue weighted by Gasteiger charge is -2.32. The molecule has 5 heterocycles. The molecule has 0 saturated carbocycles. The van der Waals surface area contributed by atoms with E-state index in [4.69, 9.17) is 109 Å². The molecule has 0 amide bonds. The van der Waals surface area contributed by atoms with Crippen LogP contribution in [-0.4, -0.2) is 234 Å². The first-order valence-electron chi connectivity index (χ1n) is 49.4. The zero-order valence-electron chi connectivity index (χ0n) is 85.8. The van der Waals surface area contributed by atoms with Crippen molar-refractivity contribution in [3.05, 3.63) is 31.2 Å². The van der Waals surface area contributed by atoms with Crippen LogP contribution in [0.1, 0.15) is 229 Å². The number of benzene rings is 4. The van der Waals surface area contributed by atoms with Gasteiger partial charge in [0.25, 0.3) is 0 Å². The molecule has 8 bridgehead atoms. The van der Waals surface area contributed by atoms with Crippen molar-refractivity contribution in [2.24, 2.45) is 61.4 Å². The zero-order valence-corrected chi connectivity index (χ0v) is 91.2. The fourth-order valence-electron chi connectivity index (χ4n) is 16.0. The number of nitrogens with zero attached hydrogens (tertiary/aromatic N) is 12. The molecule has 131 heavy (non-hydrogen) atoms. The van der Waals surface area contributed by atoms with E-state index in [-0.39, 0.29) is 83.9 Å². The SMILES string of the molecule is CC[N+](C)(CC)CCCc1c(Cl)c(OCCC(C)C)c2c(c1OCCC(C)C)c1nc3nc(nc4c5c(OCCC(C)C)c(Cl)c(SCC[N+](C)(CC)CC)c(OCCC(C)C)c5c(nc5[n+](O)c(nc2n1C)-c1c(COCC(C)C)c(SCC[N+](C)(CC)CC)c(Cl)c(OCCC(C)C)c1-5)n4C)-c1c(OCCC(C)C)c(SCC[N+](C)(CC)CC)c(Cl)c(OCCC(C)C)c1-3. The summed E-state index contributed by atoms with van der Waals surface area (Å²) in [5.74, 6) is 7.69. The third kappa shape index (κ3) is 26.4. The molecule has 1 N–H and O–H groups in total. The number of aromatic nitrogens is 8. The summed E-state index contributed by atoms with van der Waals surface area (Å²) >= 11 is 38.6. The number of hydrogen-bond acceptors (Lipinski definition) is 17. The van der Waals surface area contributed by atoms with E-state index < -0.39 is 0 Å². The average Bonchev–Trinajstić information content (AvgIpc) is 1.55. The Hall–Kier alpha value is -5.35. The van der Waals surface area contributed by atoms with Crippen LogP contribution in [0.2, 0.25) is 20.1 Å². The molecule has 732 valence electrons. The minimum atomic E-state index is 0.0579. The van der Waals surface area contributed by atoms with E-state index in [0.29, 0.717) is 244 Å². The average molecular weight is 1950 g/mol. The summed E-state index contributed by atoms with van der Waals surface area (Å²) in [5.41, 5.74) is 4.85. The van der Waals surface area contributed by atoms with Gasteiger partial charge in [0, 0.05) is 60.4 Å². The second kappa shape index (κ2) is 49.3. The van der Waals surface area contributed by atoms with Crippen molar-refractivity contribution in [3.8, 4) is 85.8 Å². The Morgan fingerprint density at radius 1 is 0.336 bits per heavy atom. The third-order valence-electron chi connectivity index (χ3n) is 27.2. The molecule has 2 aliphatic heterocycles. The van der Waals surface area contributed by atoms with Gasteiger partial charge in [-0.15, -0.1) is 35.3 Å². The Morgan fingerprint density at radius 3 is 1.03 bits per heavy atom. The molecule has 0 radical (unpaired) electrons.